The molecule has 0 unspecified atom stereocenters. The molecule has 2 rings (SSSR count). The molecule has 7 heteroatoms. The van der Waals surface area contributed by atoms with Crippen LogP contribution in [0.15, 0.2) is 24.3 Å². The quantitative estimate of drug-likeness (QED) is 0.875. The van der Waals surface area contributed by atoms with Gasteiger partial charge < -0.3 is 5.32 Å². The predicted octanol–water partition coefficient (Wildman–Crippen LogP) is 1.96. The highest BCUT2D eigenvalue weighted by atomic mass is 16.2. The molecule has 1 N–H and O–H groups in total. The zero-order chi connectivity index (χ0) is 17.7. The first-order valence-corrected chi connectivity index (χ1v) is 7.97. The molecule has 1 aromatic carbocycles. The molecule has 0 saturated carbocycles. The van der Waals surface area contributed by atoms with Crippen LogP contribution < -0.4 is 5.32 Å². The first-order chi connectivity index (χ1) is 11.4. The molecule has 0 spiro atoms. The second-order valence-corrected chi connectivity index (χ2v) is 6.21. The fourth-order valence-electron chi connectivity index (χ4n) is 2.07. The third-order valence-electron chi connectivity index (χ3n) is 4.14. The number of nitriles is 1. The fraction of sp³-hybridized carbons (Fsp3) is 0.471. The molecule has 1 aromatic heterocycles. The van der Waals surface area contributed by atoms with E-state index < -0.39 is 5.54 Å². The van der Waals surface area contributed by atoms with E-state index in [0.717, 1.165) is 12.0 Å². The van der Waals surface area contributed by atoms with Crippen molar-refractivity contribution in [3.8, 4) is 17.5 Å². The Balaban J connectivity index is 2.05. The van der Waals surface area contributed by atoms with Crippen molar-refractivity contribution in [1.82, 2.24) is 25.5 Å². The van der Waals surface area contributed by atoms with Crippen molar-refractivity contribution in [2.24, 2.45) is 5.92 Å². The summed E-state index contributed by atoms with van der Waals surface area (Å²) in [6, 6.07) is 10.0. The van der Waals surface area contributed by atoms with Gasteiger partial charge in [0, 0.05) is 5.56 Å². The SMILES string of the molecule is CCc1ccc(-c2nnn(CC(=O)N[C@@](C)(C#N)C(C)C)n2)cc1. The van der Waals surface area contributed by atoms with Crippen LogP contribution in [-0.2, 0) is 17.8 Å². The lowest BCUT2D eigenvalue weighted by molar-refractivity contribution is -0.123. The maximum atomic E-state index is 12.1. The molecule has 24 heavy (non-hydrogen) atoms. The van der Waals surface area contributed by atoms with Crippen molar-refractivity contribution in [1.29, 1.82) is 5.26 Å². The third kappa shape index (κ3) is 3.96. The maximum absolute atomic E-state index is 12.1. The summed E-state index contributed by atoms with van der Waals surface area (Å²) in [6.45, 7) is 7.48. The van der Waals surface area contributed by atoms with Gasteiger partial charge in [0.2, 0.25) is 11.7 Å². The lowest BCUT2D eigenvalue weighted by Gasteiger charge is -2.27. The average molecular weight is 326 g/mol. The molecule has 2 aromatic rings. The molecule has 0 aliphatic rings. The van der Waals surface area contributed by atoms with Crippen LogP contribution in [0, 0.1) is 17.2 Å². The van der Waals surface area contributed by atoms with E-state index in [4.69, 9.17) is 0 Å². The molecular formula is C17H22N6O. The van der Waals surface area contributed by atoms with Crippen molar-refractivity contribution >= 4 is 5.91 Å². The van der Waals surface area contributed by atoms with Crippen LogP contribution in [0.5, 0.6) is 0 Å². The van der Waals surface area contributed by atoms with Gasteiger partial charge in [0.15, 0.2) is 0 Å². The van der Waals surface area contributed by atoms with Gasteiger partial charge in [-0.2, -0.15) is 10.1 Å². The molecule has 0 fully saturated rings. The Labute approximate surface area is 141 Å². The lowest BCUT2D eigenvalue weighted by atomic mass is 9.90. The van der Waals surface area contributed by atoms with Gasteiger partial charge in [0.1, 0.15) is 12.1 Å². The number of tetrazole rings is 1. The molecule has 1 atom stereocenters. The smallest absolute Gasteiger partial charge is 0.244 e. The molecule has 1 heterocycles. The Morgan fingerprint density at radius 2 is 2.04 bits per heavy atom. The molecule has 0 saturated heterocycles. The highest BCUT2D eigenvalue weighted by Gasteiger charge is 2.30. The zero-order valence-electron chi connectivity index (χ0n) is 14.4. The van der Waals surface area contributed by atoms with E-state index in [1.807, 2.05) is 38.1 Å². The number of hydrogen-bond donors (Lipinski definition) is 1. The van der Waals surface area contributed by atoms with Crippen molar-refractivity contribution in [2.45, 2.75) is 46.2 Å². The van der Waals surface area contributed by atoms with Crippen molar-refractivity contribution in [2.75, 3.05) is 0 Å². The highest BCUT2D eigenvalue weighted by Crippen LogP contribution is 2.16. The number of benzene rings is 1. The van der Waals surface area contributed by atoms with Crippen LogP contribution in [0.2, 0.25) is 0 Å². The van der Waals surface area contributed by atoms with E-state index >= 15 is 0 Å². The summed E-state index contributed by atoms with van der Waals surface area (Å²) in [4.78, 5) is 13.4. The molecule has 0 aliphatic carbocycles. The van der Waals surface area contributed by atoms with Crippen LogP contribution in [-0.4, -0.2) is 31.7 Å². The third-order valence-corrected chi connectivity index (χ3v) is 4.14. The Hall–Kier alpha value is -2.75. The summed E-state index contributed by atoms with van der Waals surface area (Å²) in [5, 5.41) is 24.1. The second-order valence-electron chi connectivity index (χ2n) is 6.21. The van der Waals surface area contributed by atoms with Crippen LogP contribution in [0.25, 0.3) is 11.4 Å². The maximum Gasteiger partial charge on any atom is 0.244 e. The van der Waals surface area contributed by atoms with Gasteiger partial charge in [-0.1, -0.05) is 45.0 Å². The van der Waals surface area contributed by atoms with Gasteiger partial charge >= 0.3 is 0 Å². The number of nitrogens with one attached hydrogen (secondary N) is 1. The van der Waals surface area contributed by atoms with Crippen LogP contribution >= 0.6 is 0 Å². The first-order valence-electron chi connectivity index (χ1n) is 7.97. The van der Waals surface area contributed by atoms with Gasteiger partial charge in [-0.3, -0.25) is 4.79 Å². The van der Waals surface area contributed by atoms with Crippen molar-refractivity contribution in [3.05, 3.63) is 29.8 Å². The topological polar surface area (TPSA) is 96.5 Å². The molecular weight excluding hydrogens is 304 g/mol. The number of hydrogen-bond acceptors (Lipinski definition) is 5. The minimum absolute atomic E-state index is 0.0113. The summed E-state index contributed by atoms with van der Waals surface area (Å²) in [5.41, 5.74) is 1.16. The van der Waals surface area contributed by atoms with E-state index in [1.54, 1.807) is 6.92 Å². The standard InChI is InChI=1S/C17H22N6O/c1-5-13-6-8-14(9-7-13)16-20-22-23(21-16)10-15(24)19-17(4,11-18)12(2)3/h6-9,12H,5,10H2,1-4H3,(H,19,24)/t17-/m0/s1. The Morgan fingerprint density at radius 3 is 2.58 bits per heavy atom. The summed E-state index contributed by atoms with van der Waals surface area (Å²) in [5.74, 6) is 0.137. The molecule has 7 nitrogen and oxygen atoms in total. The summed E-state index contributed by atoms with van der Waals surface area (Å²) in [7, 11) is 0. The van der Waals surface area contributed by atoms with E-state index in [1.165, 1.54) is 10.4 Å². The van der Waals surface area contributed by atoms with Crippen LogP contribution in [0.1, 0.15) is 33.3 Å². The summed E-state index contributed by atoms with van der Waals surface area (Å²) < 4.78 is 0. The number of rotatable bonds is 6. The van der Waals surface area contributed by atoms with Gasteiger partial charge in [-0.25, -0.2) is 0 Å². The number of aryl methyl sites for hydroxylation is 1. The molecule has 1 amide bonds. The van der Waals surface area contributed by atoms with Gasteiger partial charge in [0.25, 0.3) is 0 Å². The van der Waals surface area contributed by atoms with Gasteiger partial charge in [-0.15, -0.1) is 10.2 Å². The number of carbonyl (C=O) groups is 1. The minimum Gasteiger partial charge on any atom is -0.336 e. The fourth-order valence-corrected chi connectivity index (χ4v) is 2.07. The zero-order valence-corrected chi connectivity index (χ0v) is 14.4. The van der Waals surface area contributed by atoms with Crippen molar-refractivity contribution in [3.63, 3.8) is 0 Å². The number of amides is 1. The van der Waals surface area contributed by atoms with E-state index in [9.17, 15) is 10.1 Å². The Bertz CT molecular complexity index is 743. The lowest BCUT2D eigenvalue weighted by Crippen LogP contribution is -2.50. The average Bonchev–Trinajstić information content (AvgIpc) is 3.02. The summed E-state index contributed by atoms with van der Waals surface area (Å²) >= 11 is 0. The number of nitrogens with zero attached hydrogens (tertiary/aromatic N) is 5. The normalized spacial score (nSPS) is 13.3. The van der Waals surface area contributed by atoms with Crippen LogP contribution in [0.4, 0.5) is 0 Å². The van der Waals surface area contributed by atoms with Crippen molar-refractivity contribution < 1.29 is 4.79 Å². The minimum atomic E-state index is -0.920. The Morgan fingerprint density at radius 1 is 1.38 bits per heavy atom. The molecule has 126 valence electrons. The van der Waals surface area contributed by atoms with Gasteiger partial charge in [0.05, 0.1) is 6.07 Å². The summed E-state index contributed by atoms with van der Waals surface area (Å²) in [6.07, 6.45) is 0.966. The van der Waals surface area contributed by atoms with E-state index in [2.05, 4.69) is 33.7 Å². The van der Waals surface area contributed by atoms with E-state index in [-0.39, 0.29) is 18.4 Å². The van der Waals surface area contributed by atoms with E-state index in [0.29, 0.717) is 5.82 Å². The molecule has 0 radical (unpaired) electrons. The second kappa shape index (κ2) is 7.21. The predicted molar refractivity (Wildman–Crippen MR) is 89.6 cm³/mol. The highest BCUT2D eigenvalue weighted by molar-refractivity contribution is 5.77. The first kappa shape index (κ1) is 17.6. The van der Waals surface area contributed by atoms with Gasteiger partial charge in [-0.05, 0) is 30.0 Å². The van der Waals surface area contributed by atoms with Crippen LogP contribution in [0.3, 0.4) is 0 Å². The number of aromatic nitrogens is 4. The Kier molecular flexibility index (Phi) is 5.29. The largest absolute Gasteiger partial charge is 0.336 e. The molecule has 0 aliphatic heterocycles. The monoisotopic (exact) mass is 326 g/mol. The number of carbonyl (C=O) groups excluding carboxylic acids is 1. The molecule has 0 bridgehead atoms.